The summed E-state index contributed by atoms with van der Waals surface area (Å²) < 4.78 is 27.8. The van der Waals surface area contributed by atoms with Gasteiger partial charge in [0.05, 0.1) is 6.61 Å². The van der Waals surface area contributed by atoms with Gasteiger partial charge >= 0.3 is 0 Å². The SMILES string of the molecule is NCCCCNC(=O)CCOCC(F)F. The first kappa shape index (κ1) is 14.2. The van der Waals surface area contributed by atoms with E-state index in [0.29, 0.717) is 13.1 Å². The van der Waals surface area contributed by atoms with E-state index in [4.69, 9.17) is 5.73 Å². The fourth-order valence-electron chi connectivity index (χ4n) is 0.923. The van der Waals surface area contributed by atoms with Gasteiger partial charge < -0.3 is 15.8 Å². The van der Waals surface area contributed by atoms with Crippen molar-refractivity contribution in [2.75, 3.05) is 26.3 Å². The van der Waals surface area contributed by atoms with E-state index in [1.807, 2.05) is 0 Å². The molecule has 4 nitrogen and oxygen atoms in total. The van der Waals surface area contributed by atoms with Gasteiger partial charge in [-0.15, -0.1) is 0 Å². The summed E-state index contributed by atoms with van der Waals surface area (Å²) in [5.74, 6) is -0.179. The lowest BCUT2D eigenvalue weighted by Gasteiger charge is -2.05. The van der Waals surface area contributed by atoms with Crippen LogP contribution in [0.3, 0.4) is 0 Å². The van der Waals surface area contributed by atoms with E-state index in [1.54, 1.807) is 0 Å². The Kier molecular flexibility index (Phi) is 9.30. The van der Waals surface area contributed by atoms with Gasteiger partial charge in [0.15, 0.2) is 0 Å². The second-order valence-electron chi connectivity index (χ2n) is 3.06. The van der Waals surface area contributed by atoms with Crippen LogP contribution in [0.15, 0.2) is 0 Å². The minimum Gasteiger partial charge on any atom is -0.375 e. The van der Waals surface area contributed by atoms with E-state index in [2.05, 4.69) is 10.1 Å². The minimum atomic E-state index is -2.47. The molecule has 0 unspecified atom stereocenters. The summed E-state index contributed by atoms with van der Waals surface area (Å²) in [6.07, 6.45) is -0.657. The summed E-state index contributed by atoms with van der Waals surface area (Å²) in [5, 5.41) is 2.64. The number of hydrogen-bond donors (Lipinski definition) is 2. The molecule has 6 heteroatoms. The number of carbonyl (C=O) groups excluding carboxylic acids is 1. The van der Waals surface area contributed by atoms with E-state index < -0.39 is 13.0 Å². The molecule has 0 saturated carbocycles. The first-order valence-corrected chi connectivity index (χ1v) is 4.99. The van der Waals surface area contributed by atoms with Crippen LogP contribution in [-0.4, -0.2) is 38.6 Å². The van der Waals surface area contributed by atoms with Crippen LogP contribution in [0.25, 0.3) is 0 Å². The first-order valence-electron chi connectivity index (χ1n) is 4.99. The quantitative estimate of drug-likeness (QED) is 0.561. The number of ether oxygens (including phenoxy) is 1. The molecule has 0 bridgehead atoms. The van der Waals surface area contributed by atoms with Gasteiger partial charge in [0.2, 0.25) is 5.91 Å². The van der Waals surface area contributed by atoms with Gasteiger partial charge in [-0.1, -0.05) is 0 Å². The first-order chi connectivity index (χ1) is 7.16. The van der Waals surface area contributed by atoms with Crippen LogP contribution in [-0.2, 0) is 9.53 Å². The summed E-state index contributed by atoms with van der Waals surface area (Å²) >= 11 is 0. The van der Waals surface area contributed by atoms with Crippen LogP contribution >= 0.6 is 0 Å². The fourth-order valence-corrected chi connectivity index (χ4v) is 0.923. The lowest BCUT2D eigenvalue weighted by Crippen LogP contribution is -2.26. The maximum atomic E-state index is 11.6. The molecular weight excluding hydrogens is 206 g/mol. The monoisotopic (exact) mass is 224 g/mol. The Morgan fingerprint density at radius 3 is 2.73 bits per heavy atom. The largest absolute Gasteiger partial charge is 0.375 e. The van der Waals surface area contributed by atoms with Crippen molar-refractivity contribution < 1.29 is 18.3 Å². The summed E-state index contributed by atoms with van der Waals surface area (Å²) in [5.41, 5.74) is 5.27. The zero-order valence-corrected chi connectivity index (χ0v) is 8.68. The number of nitrogens with one attached hydrogen (secondary N) is 1. The molecule has 0 atom stereocenters. The molecule has 1 amide bonds. The van der Waals surface area contributed by atoms with Crippen molar-refractivity contribution in [3.8, 4) is 0 Å². The van der Waals surface area contributed by atoms with Crippen molar-refractivity contribution in [3.05, 3.63) is 0 Å². The molecular formula is C9H18F2N2O2. The topological polar surface area (TPSA) is 64.3 Å². The molecule has 0 spiro atoms. The molecule has 15 heavy (non-hydrogen) atoms. The minimum absolute atomic E-state index is 0.0348. The molecule has 0 aliphatic heterocycles. The highest BCUT2D eigenvalue weighted by atomic mass is 19.3. The molecule has 0 radical (unpaired) electrons. The van der Waals surface area contributed by atoms with E-state index in [1.165, 1.54) is 0 Å². The normalized spacial score (nSPS) is 10.7. The molecule has 90 valence electrons. The maximum absolute atomic E-state index is 11.6. The lowest BCUT2D eigenvalue weighted by atomic mass is 10.3. The Balaban J connectivity index is 3.19. The third-order valence-corrected chi connectivity index (χ3v) is 1.67. The van der Waals surface area contributed by atoms with Gasteiger partial charge in [0, 0.05) is 13.0 Å². The van der Waals surface area contributed by atoms with Crippen molar-refractivity contribution in [2.24, 2.45) is 5.73 Å². The van der Waals surface area contributed by atoms with E-state index in [0.717, 1.165) is 12.8 Å². The van der Waals surface area contributed by atoms with Crippen LogP contribution in [0.5, 0.6) is 0 Å². The van der Waals surface area contributed by atoms with E-state index in [9.17, 15) is 13.6 Å². The number of carbonyl (C=O) groups is 1. The predicted octanol–water partition coefficient (Wildman–Crippen LogP) is 0.513. The van der Waals surface area contributed by atoms with E-state index in [-0.39, 0.29) is 18.9 Å². The fraction of sp³-hybridized carbons (Fsp3) is 0.889. The van der Waals surface area contributed by atoms with Crippen molar-refractivity contribution in [1.82, 2.24) is 5.32 Å². The number of halogens is 2. The van der Waals surface area contributed by atoms with Crippen LogP contribution < -0.4 is 11.1 Å². The van der Waals surface area contributed by atoms with Gasteiger partial charge in [0.1, 0.15) is 6.61 Å². The van der Waals surface area contributed by atoms with Crippen LogP contribution in [0.4, 0.5) is 8.78 Å². The molecule has 0 aliphatic rings. The van der Waals surface area contributed by atoms with Crippen LogP contribution in [0, 0.1) is 0 Å². The third-order valence-electron chi connectivity index (χ3n) is 1.67. The average molecular weight is 224 g/mol. The molecule has 3 N–H and O–H groups in total. The number of nitrogens with two attached hydrogens (primary N) is 1. The molecule has 0 aliphatic carbocycles. The third kappa shape index (κ3) is 11.2. The molecule has 0 aromatic heterocycles. The predicted molar refractivity (Wildman–Crippen MR) is 52.7 cm³/mol. The zero-order chi connectivity index (χ0) is 11.5. The van der Waals surface area contributed by atoms with Gasteiger partial charge in [-0.25, -0.2) is 8.78 Å². The van der Waals surface area contributed by atoms with Crippen LogP contribution in [0.2, 0.25) is 0 Å². The van der Waals surface area contributed by atoms with Crippen LogP contribution in [0.1, 0.15) is 19.3 Å². The van der Waals surface area contributed by atoms with Crippen molar-refractivity contribution in [1.29, 1.82) is 0 Å². The highest BCUT2D eigenvalue weighted by Crippen LogP contribution is 1.93. The maximum Gasteiger partial charge on any atom is 0.261 e. The second-order valence-corrected chi connectivity index (χ2v) is 3.06. The van der Waals surface area contributed by atoms with Gasteiger partial charge in [0.25, 0.3) is 6.43 Å². The molecule has 0 aromatic rings. The van der Waals surface area contributed by atoms with Crippen molar-refractivity contribution >= 4 is 5.91 Å². The molecule has 0 fully saturated rings. The van der Waals surface area contributed by atoms with E-state index >= 15 is 0 Å². The highest BCUT2D eigenvalue weighted by Gasteiger charge is 2.04. The Labute approximate surface area is 88.2 Å². The summed E-state index contributed by atoms with van der Waals surface area (Å²) in [6.45, 7) is 0.603. The summed E-state index contributed by atoms with van der Waals surface area (Å²) in [4.78, 5) is 11.0. The molecule has 0 aromatic carbocycles. The standard InChI is InChI=1S/C9H18F2N2O2/c10-8(11)7-15-6-3-9(14)13-5-2-1-4-12/h8H,1-7,12H2,(H,13,14). The van der Waals surface area contributed by atoms with Gasteiger partial charge in [-0.3, -0.25) is 4.79 Å². The smallest absolute Gasteiger partial charge is 0.261 e. The Morgan fingerprint density at radius 1 is 1.40 bits per heavy atom. The Bertz CT molecular complexity index is 168. The Morgan fingerprint density at radius 2 is 2.13 bits per heavy atom. The molecule has 0 heterocycles. The Hall–Kier alpha value is -0.750. The number of rotatable bonds is 9. The van der Waals surface area contributed by atoms with Gasteiger partial charge in [-0.2, -0.15) is 0 Å². The second kappa shape index (κ2) is 9.79. The van der Waals surface area contributed by atoms with Crippen molar-refractivity contribution in [2.45, 2.75) is 25.7 Å². The van der Waals surface area contributed by atoms with Crippen molar-refractivity contribution in [3.63, 3.8) is 0 Å². The lowest BCUT2D eigenvalue weighted by molar-refractivity contribution is -0.122. The number of amides is 1. The van der Waals surface area contributed by atoms with Gasteiger partial charge in [-0.05, 0) is 19.4 Å². The molecule has 0 rings (SSSR count). The highest BCUT2D eigenvalue weighted by molar-refractivity contribution is 5.75. The number of hydrogen-bond acceptors (Lipinski definition) is 3. The zero-order valence-electron chi connectivity index (χ0n) is 8.68. The number of alkyl halides is 2. The average Bonchev–Trinajstić information content (AvgIpc) is 2.19. The summed E-state index contributed by atoms with van der Waals surface area (Å²) in [7, 11) is 0. The number of unbranched alkanes of at least 4 members (excludes halogenated alkanes) is 1. The molecule has 0 saturated heterocycles. The summed E-state index contributed by atoms with van der Waals surface area (Å²) in [6, 6.07) is 0.